The van der Waals surface area contributed by atoms with E-state index in [4.69, 9.17) is 28.4 Å². The molecular formula is C57H62O6. The Hall–Kier alpha value is -6.02. The average Bonchev–Trinajstić information content (AvgIpc) is 3.33. The highest BCUT2D eigenvalue weighted by molar-refractivity contribution is 5.48. The monoisotopic (exact) mass is 842 g/mol. The molecular weight excluding hydrogens is 781 g/mol. The summed E-state index contributed by atoms with van der Waals surface area (Å²) in [6, 6.07) is 49.8. The Bertz CT molecular complexity index is 2280. The number of rotatable bonds is 26. The summed E-state index contributed by atoms with van der Waals surface area (Å²) in [4.78, 5) is 0. The van der Waals surface area contributed by atoms with Gasteiger partial charge < -0.3 is 28.4 Å². The van der Waals surface area contributed by atoms with E-state index in [1.165, 1.54) is 16.7 Å². The summed E-state index contributed by atoms with van der Waals surface area (Å²) in [6.07, 6.45) is 5.98. The van der Waals surface area contributed by atoms with Gasteiger partial charge in [0.15, 0.2) is 0 Å². The molecule has 63 heavy (non-hydrogen) atoms. The van der Waals surface area contributed by atoms with Gasteiger partial charge in [0, 0.05) is 5.41 Å². The molecule has 2 atom stereocenters. The van der Waals surface area contributed by atoms with Crippen molar-refractivity contribution in [3.63, 3.8) is 0 Å². The first-order valence-corrected chi connectivity index (χ1v) is 21.8. The lowest BCUT2D eigenvalue weighted by Crippen LogP contribution is -2.27. The van der Waals surface area contributed by atoms with E-state index in [0.717, 1.165) is 56.9 Å². The van der Waals surface area contributed by atoms with E-state index in [1.54, 1.807) is 0 Å². The van der Waals surface area contributed by atoms with E-state index in [1.807, 2.05) is 78.9 Å². The van der Waals surface area contributed by atoms with Crippen LogP contribution in [0.5, 0.6) is 11.5 Å². The minimum absolute atomic E-state index is 0.259. The first kappa shape index (κ1) is 46.5. The summed E-state index contributed by atoms with van der Waals surface area (Å²) >= 11 is 0. The molecule has 0 radical (unpaired) electrons. The largest absolute Gasteiger partial charge is 0.491 e. The second-order valence-corrected chi connectivity index (χ2v) is 16.2. The van der Waals surface area contributed by atoms with Gasteiger partial charge in [-0.25, -0.2) is 0 Å². The van der Waals surface area contributed by atoms with E-state index in [0.29, 0.717) is 52.9 Å². The van der Waals surface area contributed by atoms with Crippen molar-refractivity contribution in [1.29, 1.82) is 0 Å². The fraction of sp³-hybridized carbons (Fsp3) is 0.263. The van der Waals surface area contributed by atoms with E-state index >= 15 is 0 Å². The summed E-state index contributed by atoms with van der Waals surface area (Å²) in [5.74, 6) is 1.55. The van der Waals surface area contributed by atoms with Crippen LogP contribution in [-0.2, 0) is 57.2 Å². The molecule has 0 fully saturated rings. The van der Waals surface area contributed by atoms with E-state index < -0.39 is 0 Å². The lowest BCUT2D eigenvalue weighted by molar-refractivity contribution is -0.0489. The Morgan fingerprint density at radius 2 is 0.730 bits per heavy atom. The SMILES string of the molecule is C=Cc1ccc(COCC(COc2ccc(C(C)(C)c3ccc(OCC(COCc4ccc(C=C)cc4)OCc4ccc(CC)cc4)cc3)cc2)OCc2ccc(C=C)cc2)cc1. The Kier molecular flexibility index (Phi) is 17.7. The molecule has 326 valence electrons. The van der Waals surface area contributed by atoms with Crippen molar-refractivity contribution < 1.29 is 28.4 Å². The van der Waals surface area contributed by atoms with Gasteiger partial charge in [-0.05, 0) is 86.3 Å². The summed E-state index contributed by atoms with van der Waals surface area (Å²) in [5.41, 5.74) is 11.0. The van der Waals surface area contributed by atoms with Gasteiger partial charge in [0.25, 0.3) is 0 Å². The third kappa shape index (κ3) is 14.5. The molecule has 0 saturated heterocycles. The van der Waals surface area contributed by atoms with Crippen LogP contribution in [0.2, 0.25) is 0 Å². The number of hydrogen-bond donors (Lipinski definition) is 0. The molecule has 6 aromatic rings. The zero-order valence-electron chi connectivity index (χ0n) is 37.2. The average molecular weight is 843 g/mol. The number of benzene rings is 6. The molecule has 0 aliphatic rings. The fourth-order valence-electron chi connectivity index (χ4n) is 6.93. The maximum absolute atomic E-state index is 6.36. The van der Waals surface area contributed by atoms with Gasteiger partial charge in [-0.3, -0.25) is 0 Å². The highest BCUT2D eigenvalue weighted by atomic mass is 16.6. The minimum atomic E-state index is -0.277. The second-order valence-electron chi connectivity index (χ2n) is 16.2. The molecule has 0 bridgehead atoms. The molecule has 0 spiro atoms. The maximum Gasteiger partial charge on any atom is 0.119 e. The quantitative estimate of drug-likeness (QED) is 0.0542. The third-order valence-electron chi connectivity index (χ3n) is 11.2. The Labute approximate surface area is 375 Å². The van der Waals surface area contributed by atoms with Crippen molar-refractivity contribution in [1.82, 2.24) is 0 Å². The summed E-state index contributed by atoms with van der Waals surface area (Å²) in [7, 11) is 0. The van der Waals surface area contributed by atoms with Crippen molar-refractivity contribution in [2.24, 2.45) is 0 Å². The summed E-state index contributed by atoms with van der Waals surface area (Å²) < 4.78 is 37.6. The Balaban J connectivity index is 1.03. The molecule has 0 saturated carbocycles. The van der Waals surface area contributed by atoms with E-state index in [9.17, 15) is 0 Å². The second kappa shape index (κ2) is 24.0. The molecule has 2 unspecified atom stereocenters. The molecule has 0 aliphatic carbocycles. The van der Waals surface area contributed by atoms with Crippen LogP contribution < -0.4 is 9.47 Å². The fourth-order valence-corrected chi connectivity index (χ4v) is 6.93. The van der Waals surface area contributed by atoms with Crippen molar-refractivity contribution in [3.05, 3.63) is 221 Å². The molecule has 6 rings (SSSR count). The smallest absolute Gasteiger partial charge is 0.119 e. The van der Waals surface area contributed by atoms with Crippen LogP contribution in [0.3, 0.4) is 0 Å². The lowest BCUT2D eigenvalue weighted by Gasteiger charge is -2.27. The highest BCUT2D eigenvalue weighted by Crippen LogP contribution is 2.33. The standard InChI is InChI=1S/C57H62O6/c1-7-43-11-19-47(20-12-43)35-58-39-55(60-37-49-23-15-45(9-3)16-24-49)41-62-53-31-27-51(28-32-53)57(5,6)52-29-33-54(34-30-52)63-42-56(61-38-50-25-17-46(10-4)18-26-50)40-59-36-48-21-13-44(8-2)14-22-48/h7-9,11-34,55-56H,1-3,10,35-42H2,4-6H3. The molecule has 0 aliphatic heterocycles. The van der Waals surface area contributed by atoms with Crippen LogP contribution in [0.15, 0.2) is 165 Å². The van der Waals surface area contributed by atoms with Crippen molar-refractivity contribution in [2.75, 3.05) is 26.4 Å². The zero-order chi connectivity index (χ0) is 44.3. The van der Waals surface area contributed by atoms with Gasteiger partial charge in [-0.15, -0.1) is 0 Å². The van der Waals surface area contributed by atoms with Crippen LogP contribution in [0, 0.1) is 0 Å². The van der Waals surface area contributed by atoms with Crippen molar-refractivity contribution in [2.45, 2.75) is 71.2 Å². The number of aryl methyl sites for hydroxylation is 1. The first-order valence-electron chi connectivity index (χ1n) is 21.8. The van der Waals surface area contributed by atoms with Crippen LogP contribution in [-0.4, -0.2) is 38.6 Å². The molecule has 0 heterocycles. The predicted molar refractivity (Wildman–Crippen MR) is 258 cm³/mol. The molecule has 0 aromatic heterocycles. The maximum atomic E-state index is 6.36. The Morgan fingerprint density at radius 1 is 0.413 bits per heavy atom. The molecule has 6 aromatic carbocycles. The topological polar surface area (TPSA) is 55.4 Å². The lowest BCUT2D eigenvalue weighted by atomic mass is 9.78. The normalized spacial score (nSPS) is 12.3. The third-order valence-corrected chi connectivity index (χ3v) is 11.2. The number of ether oxygens (including phenoxy) is 6. The van der Waals surface area contributed by atoms with Gasteiger partial charge in [-0.1, -0.05) is 180 Å². The highest BCUT2D eigenvalue weighted by Gasteiger charge is 2.24. The van der Waals surface area contributed by atoms with E-state index in [2.05, 4.69) is 125 Å². The van der Waals surface area contributed by atoms with Gasteiger partial charge in [0.05, 0.1) is 39.6 Å². The van der Waals surface area contributed by atoms with Crippen molar-refractivity contribution in [3.8, 4) is 11.5 Å². The van der Waals surface area contributed by atoms with Crippen LogP contribution >= 0.6 is 0 Å². The van der Waals surface area contributed by atoms with Gasteiger partial charge in [-0.2, -0.15) is 0 Å². The molecule has 0 amide bonds. The van der Waals surface area contributed by atoms with Crippen LogP contribution in [0.25, 0.3) is 18.2 Å². The molecule has 0 N–H and O–H groups in total. The zero-order valence-corrected chi connectivity index (χ0v) is 37.2. The van der Waals surface area contributed by atoms with Gasteiger partial charge >= 0.3 is 0 Å². The molecule has 6 nitrogen and oxygen atoms in total. The summed E-state index contributed by atoms with van der Waals surface area (Å²) in [6.45, 7) is 21.5. The predicted octanol–water partition coefficient (Wildman–Crippen LogP) is 12.9. The van der Waals surface area contributed by atoms with Gasteiger partial charge in [0.2, 0.25) is 0 Å². The van der Waals surface area contributed by atoms with Crippen LogP contribution in [0.1, 0.15) is 76.4 Å². The van der Waals surface area contributed by atoms with E-state index in [-0.39, 0.29) is 17.6 Å². The van der Waals surface area contributed by atoms with Crippen LogP contribution in [0.4, 0.5) is 0 Å². The summed E-state index contributed by atoms with van der Waals surface area (Å²) in [5, 5.41) is 0. The minimum Gasteiger partial charge on any atom is -0.491 e. The van der Waals surface area contributed by atoms with Crippen molar-refractivity contribution >= 4 is 18.2 Å². The first-order chi connectivity index (χ1) is 30.7. The molecule has 6 heteroatoms. The van der Waals surface area contributed by atoms with Gasteiger partial charge in [0.1, 0.15) is 36.9 Å². The number of hydrogen-bond acceptors (Lipinski definition) is 6. The Morgan fingerprint density at radius 3 is 1.06 bits per heavy atom.